The minimum Gasteiger partial charge on any atom is -0.297 e. The van der Waals surface area contributed by atoms with E-state index in [0.29, 0.717) is 6.54 Å². The van der Waals surface area contributed by atoms with Gasteiger partial charge in [-0.2, -0.15) is 16.2 Å². The van der Waals surface area contributed by atoms with E-state index >= 15 is 0 Å². The third-order valence-corrected chi connectivity index (χ3v) is 3.66. The fourth-order valence-electron chi connectivity index (χ4n) is 1.81. The van der Waals surface area contributed by atoms with E-state index in [1.165, 1.54) is 12.1 Å². The highest BCUT2D eigenvalue weighted by Gasteiger charge is 2.16. The summed E-state index contributed by atoms with van der Waals surface area (Å²) in [7, 11) is 0. The van der Waals surface area contributed by atoms with Crippen molar-refractivity contribution >= 4 is 17.4 Å². The first-order valence-electron chi connectivity index (χ1n) is 5.40. The van der Waals surface area contributed by atoms with Crippen molar-refractivity contribution in [2.24, 2.45) is 0 Å². The summed E-state index contributed by atoms with van der Waals surface area (Å²) in [5.41, 5.74) is 0.336. The zero-order chi connectivity index (χ0) is 12.3. The fraction of sp³-hybridized carbons (Fsp3) is 0.455. The number of benzene rings is 1. The summed E-state index contributed by atoms with van der Waals surface area (Å²) in [5, 5.41) is 10.5. The smallest absolute Gasteiger partial charge is 0.297 e. The molecule has 0 radical (unpaired) electrons. The molecule has 0 amide bonds. The number of hydrogen-bond donors (Lipinski definition) is 0. The van der Waals surface area contributed by atoms with Crippen LogP contribution in [-0.4, -0.2) is 34.4 Å². The van der Waals surface area contributed by atoms with Crippen LogP contribution in [0.4, 0.5) is 10.1 Å². The van der Waals surface area contributed by atoms with Crippen molar-refractivity contribution in [2.45, 2.75) is 6.54 Å². The van der Waals surface area contributed by atoms with Gasteiger partial charge in [-0.05, 0) is 11.6 Å². The predicted molar refractivity (Wildman–Crippen MR) is 65.7 cm³/mol. The molecule has 2 rings (SSSR count). The third kappa shape index (κ3) is 3.17. The first-order chi connectivity index (χ1) is 8.16. The minimum absolute atomic E-state index is 0.456. The van der Waals surface area contributed by atoms with Crippen molar-refractivity contribution in [3.63, 3.8) is 0 Å². The second-order valence-corrected chi connectivity index (χ2v) is 5.16. The molecular formula is C11H13FN2O2S. The maximum atomic E-state index is 13.4. The van der Waals surface area contributed by atoms with Crippen LogP contribution in [0.15, 0.2) is 18.2 Å². The summed E-state index contributed by atoms with van der Waals surface area (Å²) in [6.45, 7) is 2.64. The van der Waals surface area contributed by atoms with Gasteiger partial charge in [-0.3, -0.25) is 15.0 Å². The zero-order valence-electron chi connectivity index (χ0n) is 9.26. The number of nitro benzene ring substituents is 1. The molecule has 17 heavy (non-hydrogen) atoms. The molecule has 1 saturated heterocycles. The Morgan fingerprint density at radius 1 is 1.41 bits per heavy atom. The molecule has 1 aromatic carbocycles. The van der Waals surface area contributed by atoms with Gasteiger partial charge in [0, 0.05) is 37.2 Å². The van der Waals surface area contributed by atoms with Crippen LogP contribution in [0.2, 0.25) is 0 Å². The van der Waals surface area contributed by atoms with Gasteiger partial charge in [-0.15, -0.1) is 0 Å². The van der Waals surface area contributed by atoms with Crippen LogP contribution >= 0.6 is 11.8 Å². The maximum absolute atomic E-state index is 13.4. The Morgan fingerprint density at radius 3 is 2.71 bits per heavy atom. The number of hydrogen-bond acceptors (Lipinski definition) is 4. The Kier molecular flexibility index (Phi) is 3.96. The van der Waals surface area contributed by atoms with Crippen molar-refractivity contribution in [3.8, 4) is 0 Å². The Bertz CT molecular complexity index is 422. The quantitative estimate of drug-likeness (QED) is 0.615. The van der Waals surface area contributed by atoms with Gasteiger partial charge < -0.3 is 0 Å². The van der Waals surface area contributed by atoms with E-state index in [0.717, 1.165) is 30.2 Å². The molecule has 0 bridgehead atoms. The summed E-state index contributed by atoms with van der Waals surface area (Å²) >= 11 is 1.91. The van der Waals surface area contributed by atoms with Crippen LogP contribution in [0, 0.1) is 15.9 Å². The molecule has 1 fully saturated rings. The molecule has 0 spiro atoms. The van der Waals surface area contributed by atoms with Gasteiger partial charge in [0.25, 0.3) is 0 Å². The number of nitrogens with zero attached hydrogens (tertiary/aromatic N) is 2. The summed E-state index contributed by atoms with van der Waals surface area (Å²) in [6.07, 6.45) is 0. The molecule has 0 unspecified atom stereocenters. The standard InChI is InChI=1S/C11H13FN2O2S/c12-10-7-9(1-2-11(10)14(15)16)8-13-3-5-17-6-4-13/h1-2,7H,3-6,8H2. The molecule has 1 heterocycles. The van der Waals surface area contributed by atoms with Crippen molar-refractivity contribution in [1.82, 2.24) is 4.90 Å². The average molecular weight is 256 g/mol. The maximum Gasteiger partial charge on any atom is 0.304 e. The van der Waals surface area contributed by atoms with Gasteiger partial charge in [-0.25, -0.2) is 0 Å². The molecule has 0 N–H and O–H groups in total. The van der Waals surface area contributed by atoms with Gasteiger partial charge in [-0.1, -0.05) is 6.07 Å². The van der Waals surface area contributed by atoms with E-state index in [1.54, 1.807) is 6.07 Å². The topological polar surface area (TPSA) is 46.4 Å². The van der Waals surface area contributed by atoms with Crippen LogP contribution in [0.5, 0.6) is 0 Å². The average Bonchev–Trinajstić information content (AvgIpc) is 2.30. The normalized spacial score (nSPS) is 17.0. The second kappa shape index (κ2) is 5.46. The first-order valence-corrected chi connectivity index (χ1v) is 6.55. The molecule has 4 nitrogen and oxygen atoms in total. The molecule has 0 saturated carbocycles. The molecular weight excluding hydrogens is 243 g/mol. The lowest BCUT2D eigenvalue weighted by Crippen LogP contribution is -2.31. The highest BCUT2D eigenvalue weighted by Crippen LogP contribution is 2.20. The number of nitro groups is 1. The summed E-state index contributed by atoms with van der Waals surface area (Å²) in [5.74, 6) is 1.43. The molecule has 1 aromatic rings. The van der Waals surface area contributed by atoms with E-state index in [1.807, 2.05) is 11.8 Å². The highest BCUT2D eigenvalue weighted by molar-refractivity contribution is 7.99. The van der Waals surface area contributed by atoms with Gasteiger partial charge in [0.15, 0.2) is 0 Å². The first kappa shape index (κ1) is 12.3. The van der Waals surface area contributed by atoms with Crippen LogP contribution in [0.1, 0.15) is 5.56 Å². The summed E-state index contributed by atoms with van der Waals surface area (Å²) < 4.78 is 13.4. The van der Waals surface area contributed by atoms with Gasteiger partial charge in [0.2, 0.25) is 5.82 Å². The van der Waals surface area contributed by atoms with Crippen molar-refractivity contribution in [3.05, 3.63) is 39.7 Å². The van der Waals surface area contributed by atoms with E-state index in [-0.39, 0.29) is 0 Å². The molecule has 0 aromatic heterocycles. The van der Waals surface area contributed by atoms with Gasteiger partial charge >= 0.3 is 5.69 Å². The summed E-state index contributed by atoms with van der Waals surface area (Å²) in [4.78, 5) is 12.0. The van der Waals surface area contributed by atoms with Crippen LogP contribution in [-0.2, 0) is 6.54 Å². The lowest BCUT2D eigenvalue weighted by Gasteiger charge is -2.26. The highest BCUT2D eigenvalue weighted by atomic mass is 32.2. The molecule has 1 aliphatic heterocycles. The molecule has 92 valence electrons. The predicted octanol–water partition coefficient (Wildman–Crippen LogP) is 2.28. The Hall–Kier alpha value is -1.14. The van der Waals surface area contributed by atoms with Gasteiger partial charge in [0.05, 0.1) is 4.92 Å². The zero-order valence-corrected chi connectivity index (χ0v) is 10.1. The van der Waals surface area contributed by atoms with Crippen LogP contribution in [0.25, 0.3) is 0 Å². The van der Waals surface area contributed by atoms with E-state index < -0.39 is 16.4 Å². The fourth-order valence-corrected chi connectivity index (χ4v) is 2.79. The Morgan fingerprint density at radius 2 is 2.12 bits per heavy atom. The summed E-state index contributed by atoms with van der Waals surface area (Å²) in [6, 6.07) is 4.13. The molecule has 0 atom stereocenters. The lowest BCUT2D eigenvalue weighted by atomic mass is 10.2. The number of thioether (sulfide) groups is 1. The van der Waals surface area contributed by atoms with E-state index in [4.69, 9.17) is 0 Å². The SMILES string of the molecule is O=[N+]([O-])c1ccc(CN2CCSCC2)cc1F. The number of halogens is 1. The van der Waals surface area contributed by atoms with Crippen LogP contribution < -0.4 is 0 Å². The minimum atomic E-state index is -0.751. The number of rotatable bonds is 3. The second-order valence-electron chi connectivity index (χ2n) is 3.93. The third-order valence-electron chi connectivity index (χ3n) is 2.72. The largest absolute Gasteiger partial charge is 0.304 e. The van der Waals surface area contributed by atoms with Gasteiger partial charge in [0.1, 0.15) is 0 Å². The van der Waals surface area contributed by atoms with Crippen LogP contribution in [0.3, 0.4) is 0 Å². The van der Waals surface area contributed by atoms with Crippen molar-refractivity contribution in [2.75, 3.05) is 24.6 Å². The molecule has 1 aliphatic rings. The Balaban J connectivity index is 2.06. The molecule has 6 heteroatoms. The lowest BCUT2D eigenvalue weighted by molar-refractivity contribution is -0.387. The van der Waals surface area contributed by atoms with Crippen molar-refractivity contribution in [1.29, 1.82) is 0 Å². The Labute approximate surface area is 103 Å². The monoisotopic (exact) mass is 256 g/mol. The van der Waals surface area contributed by atoms with E-state index in [9.17, 15) is 14.5 Å². The van der Waals surface area contributed by atoms with E-state index in [2.05, 4.69) is 4.90 Å². The molecule has 0 aliphatic carbocycles. The van der Waals surface area contributed by atoms with Crippen molar-refractivity contribution < 1.29 is 9.31 Å².